The summed E-state index contributed by atoms with van der Waals surface area (Å²) in [6.07, 6.45) is 4.85. The van der Waals surface area contributed by atoms with E-state index in [1.807, 2.05) is 22.9 Å². The van der Waals surface area contributed by atoms with Crippen LogP contribution in [-0.4, -0.2) is 44.3 Å². The van der Waals surface area contributed by atoms with E-state index in [0.717, 1.165) is 28.3 Å². The molecule has 0 aliphatic carbocycles. The second kappa shape index (κ2) is 13.1. The normalized spacial score (nSPS) is 12.1. The Labute approximate surface area is 240 Å². The highest BCUT2D eigenvalue weighted by molar-refractivity contribution is 5.79. The van der Waals surface area contributed by atoms with Crippen molar-refractivity contribution in [3.63, 3.8) is 0 Å². The Morgan fingerprint density at radius 3 is 2.41 bits per heavy atom. The third-order valence-electron chi connectivity index (χ3n) is 6.76. The van der Waals surface area contributed by atoms with Gasteiger partial charge in [0, 0.05) is 49.5 Å². The number of pyridine rings is 1. The molecule has 1 atom stereocenters. The Morgan fingerprint density at radius 1 is 1.05 bits per heavy atom. The van der Waals surface area contributed by atoms with E-state index in [9.17, 15) is 14.7 Å². The molecule has 4 aromatic rings. The number of anilines is 1. The van der Waals surface area contributed by atoms with E-state index < -0.39 is 11.9 Å². The number of phenols is 1. The van der Waals surface area contributed by atoms with Crippen LogP contribution in [0.5, 0.6) is 5.75 Å². The molecule has 2 aromatic carbocycles. The second-order valence-corrected chi connectivity index (χ2v) is 11.2. The van der Waals surface area contributed by atoms with E-state index in [-0.39, 0.29) is 29.9 Å². The molecule has 41 heavy (non-hydrogen) atoms. The number of benzene rings is 2. The van der Waals surface area contributed by atoms with E-state index in [4.69, 9.17) is 10.8 Å². The standard InChI is InChI=1S/C32H38N6O3/c1-32(2,3)24-10-12-26(13-11-24)38-30(20-28(37-38)23-6-4-16-34-21-23)35-17-5-7-31(41)36-25(19-29(33)40)18-22-8-14-27(39)15-9-22/h4,6,8-16,20-21,25,35,39H,5,7,17-19H2,1-3H3,(H2,33,40)(H,36,41)/t25-/m1/s1. The number of rotatable bonds is 12. The van der Waals surface area contributed by atoms with Gasteiger partial charge in [0.2, 0.25) is 11.8 Å². The summed E-state index contributed by atoms with van der Waals surface area (Å²) in [5, 5.41) is 20.7. The molecule has 4 rings (SSSR count). The third-order valence-corrected chi connectivity index (χ3v) is 6.76. The summed E-state index contributed by atoms with van der Waals surface area (Å²) < 4.78 is 1.87. The number of aromatic hydroxyl groups is 1. The number of amides is 2. The molecule has 214 valence electrons. The van der Waals surface area contributed by atoms with Crippen LogP contribution < -0.4 is 16.4 Å². The maximum absolute atomic E-state index is 12.7. The molecule has 9 heteroatoms. The number of aromatic nitrogens is 3. The fourth-order valence-corrected chi connectivity index (χ4v) is 4.56. The van der Waals surface area contributed by atoms with Gasteiger partial charge in [-0.25, -0.2) is 4.68 Å². The molecule has 2 heterocycles. The van der Waals surface area contributed by atoms with Crippen LogP contribution in [0.15, 0.2) is 79.1 Å². The van der Waals surface area contributed by atoms with Crippen LogP contribution in [0.2, 0.25) is 0 Å². The Kier molecular flexibility index (Phi) is 9.39. The first kappa shape index (κ1) is 29.3. The largest absolute Gasteiger partial charge is 0.508 e. The maximum Gasteiger partial charge on any atom is 0.220 e. The first-order valence-electron chi connectivity index (χ1n) is 13.8. The summed E-state index contributed by atoms with van der Waals surface area (Å²) in [6.45, 7) is 7.10. The second-order valence-electron chi connectivity index (χ2n) is 11.2. The summed E-state index contributed by atoms with van der Waals surface area (Å²) in [6, 6.07) is 20.5. The highest BCUT2D eigenvalue weighted by Gasteiger charge is 2.17. The van der Waals surface area contributed by atoms with Gasteiger partial charge in [-0.3, -0.25) is 14.6 Å². The summed E-state index contributed by atoms with van der Waals surface area (Å²) in [7, 11) is 0. The van der Waals surface area contributed by atoms with Crippen LogP contribution in [0.1, 0.15) is 51.2 Å². The zero-order valence-electron chi connectivity index (χ0n) is 23.8. The van der Waals surface area contributed by atoms with Crippen LogP contribution in [0.4, 0.5) is 5.82 Å². The van der Waals surface area contributed by atoms with Gasteiger partial charge < -0.3 is 21.5 Å². The van der Waals surface area contributed by atoms with Gasteiger partial charge in [0.25, 0.3) is 0 Å². The van der Waals surface area contributed by atoms with E-state index in [1.165, 1.54) is 5.56 Å². The van der Waals surface area contributed by atoms with Crippen molar-refractivity contribution in [2.45, 2.75) is 57.9 Å². The first-order chi connectivity index (χ1) is 19.6. The van der Waals surface area contributed by atoms with Crippen molar-refractivity contribution in [3.8, 4) is 22.7 Å². The van der Waals surface area contributed by atoms with Crippen LogP contribution in [0, 0.1) is 0 Å². The quantitative estimate of drug-likeness (QED) is 0.187. The Bertz CT molecular complexity index is 1440. The summed E-state index contributed by atoms with van der Waals surface area (Å²) >= 11 is 0. The van der Waals surface area contributed by atoms with Gasteiger partial charge in [0.15, 0.2) is 0 Å². The first-order valence-corrected chi connectivity index (χ1v) is 13.8. The number of carbonyl (C=O) groups is 2. The number of nitrogens with two attached hydrogens (primary N) is 1. The zero-order chi connectivity index (χ0) is 29.4. The molecule has 2 aromatic heterocycles. The fourth-order valence-electron chi connectivity index (χ4n) is 4.56. The number of phenolic OH excluding ortho intramolecular Hbond substituents is 1. The fraction of sp³-hybridized carbons (Fsp3) is 0.312. The highest BCUT2D eigenvalue weighted by atomic mass is 16.3. The molecule has 5 N–H and O–H groups in total. The van der Waals surface area contributed by atoms with Crippen molar-refractivity contribution >= 4 is 17.6 Å². The lowest BCUT2D eigenvalue weighted by atomic mass is 9.87. The molecule has 0 aliphatic rings. The van der Waals surface area contributed by atoms with Crippen molar-refractivity contribution in [3.05, 3.63) is 90.3 Å². The highest BCUT2D eigenvalue weighted by Crippen LogP contribution is 2.27. The van der Waals surface area contributed by atoms with Crippen LogP contribution >= 0.6 is 0 Å². The average molecular weight is 555 g/mol. The van der Waals surface area contributed by atoms with Gasteiger partial charge in [-0.15, -0.1) is 0 Å². The lowest BCUT2D eigenvalue weighted by Gasteiger charge is -2.19. The molecule has 9 nitrogen and oxygen atoms in total. The predicted octanol–water partition coefficient (Wildman–Crippen LogP) is 4.73. The minimum atomic E-state index is -0.482. The van der Waals surface area contributed by atoms with Crippen LogP contribution in [-0.2, 0) is 21.4 Å². The maximum atomic E-state index is 12.7. The molecular weight excluding hydrogens is 516 g/mol. The molecule has 2 amide bonds. The van der Waals surface area contributed by atoms with Crippen molar-refractivity contribution in [2.24, 2.45) is 5.73 Å². The van der Waals surface area contributed by atoms with Crippen molar-refractivity contribution in [1.29, 1.82) is 0 Å². The number of hydrogen-bond donors (Lipinski definition) is 4. The van der Waals surface area contributed by atoms with Gasteiger partial charge in [0.1, 0.15) is 11.6 Å². The zero-order valence-corrected chi connectivity index (χ0v) is 23.8. The number of nitrogens with zero attached hydrogens (tertiary/aromatic N) is 3. The monoisotopic (exact) mass is 554 g/mol. The van der Waals surface area contributed by atoms with Gasteiger partial charge >= 0.3 is 0 Å². The van der Waals surface area contributed by atoms with E-state index in [0.29, 0.717) is 19.4 Å². The van der Waals surface area contributed by atoms with Crippen molar-refractivity contribution < 1.29 is 14.7 Å². The van der Waals surface area contributed by atoms with Crippen LogP contribution in [0.25, 0.3) is 16.9 Å². The Balaban J connectivity index is 1.40. The minimum absolute atomic E-state index is 0.0369. The lowest BCUT2D eigenvalue weighted by Crippen LogP contribution is -2.39. The van der Waals surface area contributed by atoms with Gasteiger partial charge in [-0.05, 0) is 65.8 Å². The summed E-state index contributed by atoms with van der Waals surface area (Å²) in [4.78, 5) is 28.5. The molecule has 0 saturated heterocycles. The van der Waals surface area contributed by atoms with Crippen LogP contribution in [0.3, 0.4) is 0 Å². The van der Waals surface area contributed by atoms with E-state index >= 15 is 0 Å². The number of hydrogen-bond acceptors (Lipinski definition) is 6. The summed E-state index contributed by atoms with van der Waals surface area (Å²) in [5.41, 5.74) is 10.2. The molecule has 0 unspecified atom stereocenters. The predicted molar refractivity (Wildman–Crippen MR) is 161 cm³/mol. The molecule has 0 bridgehead atoms. The van der Waals surface area contributed by atoms with Crippen molar-refractivity contribution in [1.82, 2.24) is 20.1 Å². The molecule has 0 radical (unpaired) electrons. The molecule has 0 spiro atoms. The molecule has 0 fully saturated rings. The SMILES string of the molecule is CC(C)(C)c1ccc(-n2nc(-c3cccnc3)cc2NCCCC(=O)N[C@@H](CC(N)=O)Cc2ccc(O)cc2)cc1. The van der Waals surface area contributed by atoms with Gasteiger partial charge in [0.05, 0.1) is 11.4 Å². The lowest BCUT2D eigenvalue weighted by molar-refractivity contribution is -0.122. The minimum Gasteiger partial charge on any atom is -0.508 e. The molecular formula is C32H38N6O3. The third kappa shape index (κ3) is 8.41. The summed E-state index contributed by atoms with van der Waals surface area (Å²) in [5.74, 6) is 0.336. The molecule has 0 saturated carbocycles. The Hall–Kier alpha value is -4.66. The number of primary amides is 1. The topological polar surface area (TPSA) is 135 Å². The average Bonchev–Trinajstić information content (AvgIpc) is 3.36. The Morgan fingerprint density at radius 2 is 1.78 bits per heavy atom. The van der Waals surface area contributed by atoms with Gasteiger partial charge in [-0.2, -0.15) is 5.10 Å². The molecule has 0 aliphatic heterocycles. The van der Waals surface area contributed by atoms with Gasteiger partial charge in [-0.1, -0.05) is 45.0 Å². The van der Waals surface area contributed by atoms with E-state index in [1.54, 1.807) is 36.7 Å². The van der Waals surface area contributed by atoms with E-state index in [2.05, 4.69) is 60.7 Å². The smallest absolute Gasteiger partial charge is 0.220 e. The van der Waals surface area contributed by atoms with Crippen molar-refractivity contribution in [2.75, 3.05) is 11.9 Å². The number of nitrogens with one attached hydrogen (secondary N) is 2. The number of carbonyl (C=O) groups excluding carboxylic acids is 2.